The molecular weight excluding hydrogens is 1050 g/mol. The van der Waals surface area contributed by atoms with Crippen molar-refractivity contribution >= 4 is 34.1 Å². The molecule has 0 heterocycles. The molecule has 1 unspecified atom stereocenters. The normalized spacial score (nSPS) is 17.8. The van der Waals surface area contributed by atoms with E-state index in [1.54, 1.807) is 0 Å². The van der Waals surface area contributed by atoms with E-state index in [1.807, 2.05) is 6.08 Å². The van der Waals surface area contributed by atoms with Gasteiger partial charge in [0.25, 0.3) is 0 Å². The SMILES string of the molecule is C=C/C=C\C1=C(N(c2ccc3c(c2)C(C)(C)c2ccccc2-3)c2ccc3c(c2)C(C)(C)c2ccccc2-3)c2ccccc2C12c1ccccc1-c1c(N(c3ccc4c(c3)C(C)(C)c3ccccc3-4)c3ccc4c(c3)C(C)(C)c3ccccc3-4)cccc12. The van der Waals surface area contributed by atoms with Gasteiger partial charge in [0.1, 0.15) is 0 Å². The van der Waals surface area contributed by atoms with Crippen molar-refractivity contribution in [3.8, 4) is 55.6 Å². The summed E-state index contributed by atoms with van der Waals surface area (Å²) in [4.78, 5) is 5.22. The van der Waals surface area contributed by atoms with E-state index >= 15 is 0 Å². The van der Waals surface area contributed by atoms with Gasteiger partial charge in [-0.15, -0.1) is 0 Å². The molecule has 418 valence electrons. The van der Waals surface area contributed by atoms with Gasteiger partial charge in [0.05, 0.1) is 16.8 Å². The molecule has 11 aromatic carbocycles. The first-order valence-corrected chi connectivity index (χ1v) is 31.1. The largest absolute Gasteiger partial charge is 0.310 e. The highest BCUT2D eigenvalue weighted by Gasteiger charge is 2.55. The van der Waals surface area contributed by atoms with Crippen LogP contribution in [0.15, 0.2) is 267 Å². The van der Waals surface area contributed by atoms with Gasteiger partial charge in [0.2, 0.25) is 0 Å². The Morgan fingerprint density at radius 2 is 0.598 bits per heavy atom. The van der Waals surface area contributed by atoms with Crippen molar-refractivity contribution in [3.63, 3.8) is 0 Å². The molecule has 0 saturated heterocycles. The van der Waals surface area contributed by atoms with Gasteiger partial charge in [0, 0.05) is 55.5 Å². The third kappa shape index (κ3) is 6.71. The second-order valence-corrected chi connectivity index (χ2v) is 27.2. The van der Waals surface area contributed by atoms with Crippen molar-refractivity contribution in [2.24, 2.45) is 0 Å². The fraction of sp³-hybridized carbons (Fsp3) is 0.153. The maximum absolute atomic E-state index is 4.38. The zero-order chi connectivity index (χ0) is 59.1. The smallest absolute Gasteiger partial charge is 0.0741 e. The minimum absolute atomic E-state index is 0.200. The Bertz CT molecular complexity index is 4700. The molecule has 0 amide bonds. The zero-order valence-corrected chi connectivity index (χ0v) is 50.9. The van der Waals surface area contributed by atoms with Gasteiger partial charge in [-0.25, -0.2) is 0 Å². The van der Waals surface area contributed by atoms with Crippen LogP contribution in [0.25, 0.3) is 61.3 Å². The summed E-state index contributed by atoms with van der Waals surface area (Å²) in [6.07, 6.45) is 6.53. The standard InChI is InChI=1S/C85H68N2/c1-10-11-31-73-80(87(54-42-46-62-58-27-14-20-34-68(58)83(6,7)76(62)50-54)55-43-47-63-59-28-15-21-35-69(59)84(8,9)77(63)51-55)65-30-17-23-37-71(65)85(73)70-36-22-16-29-64(70)79-72(85)38-24-39-78(79)86(52-40-44-60-56-25-12-18-32-66(56)81(2,3)74(60)48-52)53-41-45-61-57-26-13-19-33-67(57)82(4,5)75(61)49-53/h10-51H,1H2,2-9H3/b31-11-. The van der Waals surface area contributed by atoms with Gasteiger partial charge in [-0.2, -0.15) is 0 Å². The van der Waals surface area contributed by atoms with Crippen LogP contribution in [0, 0.1) is 0 Å². The lowest BCUT2D eigenvalue weighted by molar-refractivity contribution is 0.659. The summed E-state index contributed by atoms with van der Waals surface area (Å²) in [5.74, 6) is 0. The van der Waals surface area contributed by atoms with Gasteiger partial charge in [-0.05, 0) is 171 Å². The molecule has 6 aliphatic rings. The third-order valence-electron chi connectivity index (χ3n) is 21.5. The highest BCUT2D eigenvalue weighted by Crippen LogP contribution is 2.67. The molecule has 0 fully saturated rings. The van der Waals surface area contributed by atoms with Crippen molar-refractivity contribution in [2.45, 2.75) is 82.5 Å². The van der Waals surface area contributed by atoms with E-state index in [0.29, 0.717) is 0 Å². The third-order valence-corrected chi connectivity index (χ3v) is 21.5. The lowest BCUT2D eigenvalue weighted by atomic mass is 9.69. The first-order valence-electron chi connectivity index (χ1n) is 31.1. The van der Waals surface area contributed by atoms with E-state index in [2.05, 4.69) is 321 Å². The molecule has 0 bridgehead atoms. The quantitative estimate of drug-likeness (QED) is 0.140. The molecule has 0 N–H and O–H groups in total. The fourth-order valence-electron chi connectivity index (χ4n) is 17.3. The van der Waals surface area contributed by atoms with Crippen molar-refractivity contribution in [3.05, 3.63) is 334 Å². The number of anilines is 5. The van der Waals surface area contributed by atoms with Crippen LogP contribution in [0.4, 0.5) is 28.4 Å². The van der Waals surface area contributed by atoms with Crippen LogP contribution in [0.3, 0.4) is 0 Å². The Hall–Kier alpha value is -9.76. The molecule has 0 saturated carbocycles. The highest BCUT2D eigenvalue weighted by atomic mass is 15.2. The van der Waals surface area contributed by atoms with Crippen molar-refractivity contribution in [1.29, 1.82) is 0 Å². The summed E-state index contributed by atoms with van der Waals surface area (Å²) in [6, 6.07) is 91.0. The molecule has 0 radical (unpaired) electrons. The van der Waals surface area contributed by atoms with E-state index in [4.69, 9.17) is 0 Å². The topological polar surface area (TPSA) is 6.48 Å². The van der Waals surface area contributed by atoms with Crippen molar-refractivity contribution < 1.29 is 0 Å². The molecule has 11 aromatic rings. The number of allylic oxidation sites excluding steroid dienone is 4. The maximum atomic E-state index is 4.38. The Morgan fingerprint density at radius 3 is 0.989 bits per heavy atom. The average molecular weight is 1120 g/mol. The van der Waals surface area contributed by atoms with Crippen LogP contribution in [0.5, 0.6) is 0 Å². The molecule has 1 atom stereocenters. The van der Waals surface area contributed by atoms with Gasteiger partial charge in [-0.3, -0.25) is 0 Å². The molecule has 2 nitrogen and oxygen atoms in total. The Kier molecular flexibility index (Phi) is 10.6. The van der Waals surface area contributed by atoms with Crippen LogP contribution in [0.2, 0.25) is 0 Å². The summed E-state index contributed by atoms with van der Waals surface area (Å²) in [5, 5.41) is 0. The highest BCUT2D eigenvalue weighted by molar-refractivity contribution is 6.06. The Morgan fingerprint density at radius 1 is 0.287 bits per heavy atom. The molecule has 1 spiro atoms. The van der Waals surface area contributed by atoms with Crippen LogP contribution in [-0.2, 0) is 27.1 Å². The first-order chi connectivity index (χ1) is 42.2. The second kappa shape index (κ2) is 17.9. The maximum Gasteiger partial charge on any atom is 0.0741 e. The summed E-state index contributed by atoms with van der Waals surface area (Å²) >= 11 is 0. The van der Waals surface area contributed by atoms with Crippen LogP contribution < -0.4 is 9.80 Å². The number of fused-ring (bicyclic) bond motifs is 19. The minimum Gasteiger partial charge on any atom is -0.310 e. The monoisotopic (exact) mass is 1120 g/mol. The number of nitrogens with zero attached hydrogens (tertiary/aromatic N) is 2. The number of hydrogen-bond acceptors (Lipinski definition) is 2. The lowest BCUT2D eigenvalue weighted by Gasteiger charge is -2.34. The van der Waals surface area contributed by atoms with Crippen molar-refractivity contribution in [1.82, 2.24) is 0 Å². The minimum atomic E-state index is -0.751. The van der Waals surface area contributed by atoms with Gasteiger partial charge < -0.3 is 9.80 Å². The number of benzene rings is 11. The summed E-state index contributed by atoms with van der Waals surface area (Å²) in [5.41, 5.74) is 35.3. The first kappa shape index (κ1) is 51.6. The van der Waals surface area contributed by atoms with Gasteiger partial charge >= 0.3 is 0 Å². The average Bonchev–Trinajstić information content (AvgIpc) is 1.51. The van der Waals surface area contributed by atoms with E-state index < -0.39 is 5.41 Å². The molecule has 6 aliphatic carbocycles. The van der Waals surface area contributed by atoms with Crippen LogP contribution >= 0.6 is 0 Å². The fourth-order valence-corrected chi connectivity index (χ4v) is 17.3. The summed E-state index contributed by atoms with van der Waals surface area (Å²) in [6.45, 7) is 23.6. The predicted molar refractivity (Wildman–Crippen MR) is 364 cm³/mol. The molecule has 17 rings (SSSR count). The van der Waals surface area contributed by atoms with Crippen LogP contribution in [-0.4, -0.2) is 0 Å². The molecule has 0 aliphatic heterocycles. The van der Waals surface area contributed by atoms with Gasteiger partial charge in [-0.1, -0.05) is 262 Å². The van der Waals surface area contributed by atoms with E-state index in [1.165, 1.54) is 128 Å². The van der Waals surface area contributed by atoms with E-state index in [0.717, 1.165) is 34.1 Å². The molecular formula is C85H68N2. The van der Waals surface area contributed by atoms with E-state index in [-0.39, 0.29) is 21.7 Å². The summed E-state index contributed by atoms with van der Waals surface area (Å²) < 4.78 is 0. The zero-order valence-electron chi connectivity index (χ0n) is 50.9. The van der Waals surface area contributed by atoms with Crippen molar-refractivity contribution in [2.75, 3.05) is 9.80 Å². The lowest BCUT2D eigenvalue weighted by Crippen LogP contribution is -2.27. The van der Waals surface area contributed by atoms with Gasteiger partial charge in [0.15, 0.2) is 0 Å². The number of hydrogen-bond donors (Lipinski definition) is 0. The Labute approximate surface area is 512 Å². The molecule has 0 aromatic heterocycles. The molecule has 87 heavy (non-hydrogen) atoms. The predicted octanol–water partition coefficient (Wildman–Crippen LogP) is 22.0. The summed E-state index contributed by atoms with van der Waals surface area (Å²) in [7, 11) is 0. The van der Waals surface area contributed by atoms with Crippen LogP contribution in [0.1, 0.15) is 122 Å². The molecule has 2 heteroatoms. The second-order valence-electron chi connectivity index (χ2n) is 27.2. The Balaban J connectivity index is 0.944. The number of rotatable bonds is 8. The van der Waals surface area contributed by atoms with E-state index in [9.17, 15) is 0 Å².